The second-order valence-corrected chi connectivity index (χ2v) is 11.5. The van der Waals surface area contributed by atoms with E-state index < -0.39 is 16.1 Å². The van der Waals surface area contributed by atoms with E-state index in [2.05, 4.69) is 20.8 Å². The van der Waals surface area contributed by atoms with Gasteiger partial charge < -0.3 is 19.3 Å². The molecule has 0 aliphatic carbocycles. The van der Waals surface area contributed by atoms with Crippen molar-refractivity contribution in [2.24, 2.45) is 5.92 Å². The molecule has 0 bridgehead atoms. The number of ether oxygens (including phenoxy) is 3. The van der Waals surface area contributed by atoms with E-state index in [1.165, 1.54) is 4.31 Å². The van der Waals surface area contributed by atoms with Gasteiger partial charge in [-0.15, -0.1) is 0 Å². The number of aliphatic hydroxyl groups is 1. The summed E-state index contributed by atoms with van der Waals surface area (Å²) in [5.74, 6) is 1.70. The fraction of sp³-hybridized carbons (Fsp3) is 0.478. The molecule has 0 spiro atoms. The predicted octanol–water partition coefficient (Wildman–Crippen LogP) is 3.08. The van der Waals surface area contributed by atoms with Crippen molar-refractivity contribution in [3.8, 4) is 17.2 Å². The molecule has 2 aliphatic rings. The average molecular weight is 541 g/mol. The van der Waals surface area contributed by atoms with Crippen LogP contribution in [0.5, 0.6) is 17.2 Å². The molecule has 2 aromatic rings. The quantitative estimate of drug-likeness (QED) is 0.602. The van der Waals surface area contributed by atoms with Crippen LogP contribution in [0.1, 0.15) is 19.4 Å². The summed E-state index contributed by atoms with van der Waals surface area (Å²) in [7, 11) is -1.82. The number of nitrogens with zero attached hydrogens (tertiary/aromatic N) is 2. The van der Waals surface area contributed by atoms with E-state index in [0.29, 0.717) is 18.8 Å². The molecular formula is C23H29BrN2O6S. The van der Waals surface area contributed by atoms with Gasteiger partial charge in [0.2, 0.25) is 16.8 Å². The first-order valence-corrected chi connectivity index (χ1v) is 13.1. The van der Waals surface area contributed by atoms with Crippen LogP contribution < -0.4 is 14.2 Å². The van der Waals surface area contributed by atoms with Crippen molar-refractivity contribution in [1.29, 1.82) is 0 Å². The Morgan fingerprint density at radius 3 is 2.70 bits per heavy atom. The molecule has 3 atom stereocenters. The highest BCUT2D eigenvalue weighted by atomic mass is 79.9. The van der Waals surface area contributed by atoms with E-state index in [1.54, 1.807) is 25.1 Å². The van der Waals surface area contributed by atoms with Crippen LogP contribution in [0.15, 0.2) is 45.8 Å². The van der Waals surface area contributed by atoms with E-state index in [-0.39, 0.29) is 36.9 Å². The van der Waals surface area contributed by atoms with Gasteiger partial charge in [-0.25, -0.2) is 8.42 Å². The fourth-order valence-electron chi connectivity index (χ4n) is 4.14. The van der Waals surface area contributed by atoms with Crippen molar-refractivity contribution in [3.05, 3.63) is 46.4 Å². The summed E-state index contributed by atoms with van der Waals surface area (Å²) in [6.07, 6.45) is -0.263. The van der Waals surface area contributed by atoms with Crippen LogP contribution in [0.25, 0.3) is 0 Å². The van der Waals surface area contributed by atoms with Crippen molar-refractivity contribution in [2.45, 2.75) is 37.4 Å². The SMILES string of the molecule is C[C@@H]1CN([C@@H](C)CO)S(=O)(=O)c2ccc(Br)cc2O[C@@H]1CN(C)Cc1ccc2c(c1)OCO2. The second-order valence-electron chi connectivity index (χ2n) is 8.72. The maximum absolute atomic E-state index is 13.4. The van der Waals surface area contributed by atoms with E-state index in [9.17, 15) is 13.5 Å². The van der Waals surface area contributed by atoms with Crippen LogP contribution >= 0.6 is 15.9 Å². The molecule has 2 aliphatic heterocycles. The lowest BCUT2D eigenvalue weighted by Gasteiger charge is -2.37. The van der Waals surface area contributed by atoms with Crippen LogP contribution in [0.2, 0.25) is 0 Å². The van der Waals surface area contributed by atoms with Crippen LogP contribution in [0, 0.1) is 5.92 Å². The molecule has 8 nitrogen and oxygen atoms in total. The Hall–Kier alpha value is -1.85. The highest BCUT2D eigenvalue weighted by molar-refractivity contribution is 9.10. The van der Waals surface area contributed by atoms with Crippen molar-refractivity contribution >= 4 is 26.0 Å². The molecule has 2 heterocycles. The van der Waals surface area contributed by atoms with Gasteiger partial charge in [0.1, 0.15) is 16.7 Å². The first-order chi connectivity index (χ1) is 15.7. The number of aliphatic hydroxyl groups excluding tert-OH is 1. The topological polar surface area (TPSA) is 88.5 Å². The number of halogens is 1. The Bertz CT molecular complexity index is 1110. The Morgan fingerprint density at radius 2 is 1.94 bits per heavy atom. The van der Waals surface area contributed by atoms with E-state index in [1.807, 2.05) is 32.2 Å². The highest BCUT2D eigenvalue weighted by Crippen LogP contribution is 2.36. The van der Waals surface area contributed by atoms with E-state index in [4.69, 9.17) is 14.2 Å². The molecule has 0 radical (unpaired) electrons. The number of hydrogen-bond acceptors (Lipinski definition) is 7. The first-order valence-electron chi connectivity index (χ1n) is 10.8. The molecule has 0 fully saturated rings. The lowest BCUT2D eigenvalue weighted by Crippen LogP contribution is -2.49. The zero-order chi connectivity index (χ0) is 23.8. The lowest BCUT2D eigenvalue weighted by molar-refractivity contribution is 0.0733. The van der Waals surface area contributed by atoms with Gasteiger partial charge in [0.25, 0.3) is 0 Å². The maximum Gasteiger partial charge on any atom is 0.247 e. The smallest absolute Gasteiger partial charge is 0.247 e. The number of rotatable bonds is 6. The number of fused-ring (bicyclic) bond motifs is 2. The standard InChI is InChI=1S/C23H29BrN2O6S/c1-15-10-26(16(2)13-27)33(28,29)23-7-5-18(24)9-21(23)32-22(15)12-25(3)11-17-4-6-19-20(8-17)31-14-30-19/h4-9,15-16,22,27H,10-14H2,1-3H3/t15-,16+,22-/m1/s1. The summed E-state index contributed by atoms with van der Waals surface area (Å²) in [4.78, 5) is 2.26. The third kappa shape index (κ3) is 5.14. The third-order valence-corrected chi connectivity index (χ3v) is 8.52. The minimum Gasteiger partial charge on any atom is -0.487 e. The fourth-order valence-corrected chi connectivity index (χ4v) is 6.31. The summed E-state index contributed by atoms with van der Waals surface area (Å²) in [6, 6.07) is 10.3. The minimum absolute atomic E-state index is 0.111. The molecule has 33 heavy (non-hydrogen) atoms. The monoisotopic (exact) mass is 540 g/mol. The van der Waals surface area contributed by atoms with Gasteiger partial charge in [-0.3, -0.25) is 4.90 Å². The summed E-state index contributed by atoms with van der Waals surface area (Å²) in [6.45, 7) is 5.19. The maximum atomic E-state index is 13.4. The first kappa shape index (κ1) is 24.3. The van der Waals surface area contributed by atoms with Crippen LogP contribution in [0.4, 0.5) is 0 Å². The van der Waals surface area contributed by atoms with Gasteiger partial charge in [0.05, 0.1) is 6.61 Å². The number of sulfonamides is 1. The van der Waals surface area contributed by atoms with Gasteiger partial charge >= 0.3 is 0 Å². The van der Waals surface area contributed by atoms with Crippen molar-refractivity contribution in [1.82, 2.24) is 9.21 Å². The zero-order valence-corrected chi connectivity index (χ0v) is 21.3. The average Bonchev–Trinajstić information content (AvgIpc) is 3.23. The van der Waals surface area contributed by atoms with Crippen LogP contribution in [-0.4, -0.2) is 68.4 Å². The normalized spacial score (nSPS) is 22.8. The molecule has 0 unspecified atom stereocenters. The summed E-state index contributed by atoms with van der Waals surface area (Å²) < 4.78 is 46.1. The molecule has 180 valence electrons. The van der Waals surface area contributed by atoms with Crippen molar-refractivity contribution in [2.75, 3.05) is 33.5 Å². The minimum atomic E-state index is -3.82. The molecule has 0 aromatic heterocycles. The van der Waals surface area contributed by atoms with E-state index >= 15 is 0 Å². The number of likely N-dealkylation sites (N-methyl/N-ethyl adjacent to an activating group) is 1. The molecule has 4 rings (SSSR count). The van der Waals surface area contributed by atoms with Gasteiger partial charge in [-0.2, -0.15) is 4.31 Å². The van der Waals surface area contributed by atoms with Crippen molar-refractivity contribution in [3.63, 3.8) is 0 Å². The van der Waals surface area contributed by atoms with E-state index in [0.717, 1.165) is 21.5 Å². The molecular weight excluding hydrogens is 512 g/mol. The number of benzene rings is 2. The Balaban J connectivity index is 1.59. The largest absolute Gasteiger partial charge is 0.487 e. The van der Waals surface area contributed by atoms with Gasteiger partial charge in [0, 0.05) is 36.1 Å². The predicted molar refractivity (Wildman–Crippen MR) is 127 cm³/mol. The molecule has 10 heteroatoms. The zero-order valence-electron chi connectivity index (χ0n) is 18.9. The van der Waals surface area contributed by atoms with Crippen molar-refractivity contribution < 1.29 is 27.7 Å². The summed E-state index contributed by atoms with van der Waals surface area (Å²) in [5.41, 5.74) is 1.08. The van der Waals surface area contributed by atoms with Gasteiger partial charge in [0.15, 0.2) is 11.5 Å². The molecule has 0 saturated heterocycles. The summed E-state index contributed by atoms with van der Waals surface area (Å²) in [5, 5.41) is 9.73. The Labute approximate surface area is 203 Å². The van der Waals surface area contributed by atoms with Crippen LogP contribution in [0.3, 0.4) is 0 Å². The molecule has 0 saturated carbocycles. The Kier molecular flexibility index (Phi) is 7.20. The van der Waals surface area contributed by atoms with Crippen LogP contribution in [-0.2, 0) is 16.6 Å². The number of hydrogen-bond donors (Lipinski definition) is 1. The Morgan fingerprint density at radius 1 is 1.18 bits per heavy atom. The lowest BCUT2D eigenvalue weighted by atomic mass is 10.0. The van der Waals surface area contributed by atoms with Gasteiger partial charge in [-0.1, -0.05) is 28.9 Å². The third-order valence-electron chi connectivity index (χ3n) is 6.01. The molecule has 1 N–H and O–H groups in total. The van der Waals surface area contributed by atoms with Gasteiger partial charge in [-0.05, 0) is 49.9 Å². The highest BCUT2D eigenvalue weighted by Gasteiger charge is 2.38. The molecule has 2 aromatic carbocycles. The molecule has 0 amide bonds. The second kappa shape index (κ2) is 9.79. The summed E-state index contributed by atoms with van der Waals surface area (Å²) >= 11 is 3.42.